The minimum atomic E-state index is -4.42. The molecule has 37 heavy (non-hydrogen) atoms. The molecule has 1 fully saturated rings. The summed E-state index contributed by atoms with van der Waals surface area (Å²) in [5, 5.41) is 4.59. The van der Waals surface area contributed by atoms with Crippen molar-refractivity contribution < 1.29 is 26.3 Å². The van der Waals surface area contributed by atoms with Crippen LogP contribution < -0.4 is 9.46 Å². The molecular formula is C26H31F3N4O3S. The molecule has 200 valence electrons. The fraction of sp³-hybridized carbons (Fsp3) is 0.423. The number of nitrogens with one attached hydrogen (secondary N) is 1. The Kier molecular flexibility index (Phi) is 7.68. The van der Waals surface area contributed by atoms with Crippen LogP contribution in [0.2, 0.25) is 0 Å². The van der Waals surface area contributed by atoms with Gasteiger partial charge >= 0.3 is 6.18 Å². The zero-order valence-corrected chi connectivity index (χ0v) is 21.9. The van der Waals surface area contributed by atoms with Crippen LogP contribution in [0.5, 0.6) is 11.6 Å². The third-order valence-corrected chi connectivity index (χ3v) is 8.18. The molecule has 0 radical (unpaired) electrons. The number of aromatic nitrogens is 2. The Morgan fingerprint density at radius 1 is 0.973 bits per heavy atom. The Hall–Kier alpha value is -2.89. The van der Waals surface area contributed by atoms with Crippen molar-refractivity contribution in [3.05, 3.63) is 65.7 Å². The van der Waals surface area contributed by atoms with Gasteiger partial charge in [-0.25, -0.2) is 4.68 Å². The number of halogens is 3. The summed E-state index contributed by atoms with van der Waals surface area (Å²) in [4.78, 5) is 0. The van der Waals surface area contributed by atoms with Gasteiger partial charge in [0.1, 0.15) is 5.75 Å². The number of alkyl halides is 3. The van der Waals surface area contributed by atoms with Crippen molar-refractivity contribution in [2.45, 2.75) is 58.3 Å². The first-order chi connectivity index (χ1) is 17.4. The molecule has 0 atom stereocenters. The lowest BCUT2D eigenvalue weighted by atomic mass is 9.93. The summed E-state index contributed by atoms with van der Waals surface area (Å²) in [6.45, 7) is 7.03. The van der Waals surface area contributed by atoms with E-state index in [-0.39, 0.29) is 5.75 Å². The fourth-order valence-corrected chi connectivity index (χ4v) is 5.93. The number of rotatable bonds is 8. The molecule has 2 heterocycles. The molecule has 1 aliphatic heterocycles. The van der Waals surface area contributed by atoms with Gasteiger partial charge in [0.2, 0.25) is 5.88 Å². The fourth-order valence-electron chi connectivity index (χ4n) is 4.30. The second-order valence-corrected chi connectivity index (χ2v) is 11.3. The highest BCUT2D eigenvalue weighted by Crippen LogP contribution is 2.33. The van der Waals surface area contributed by atoms with Crippen molar-refractivity contribution in [1.82, 2.24) is 18.8 Å². The first-order valence-corrected chi connectivity index (χ1v) is 13.7. The van der Waals surface area contributed by atoms with Crippen molar-refractivity contribution in [3.8, 4) is 22.9 Å². The second-order valence-electron chi connectivity index (χ2n) is 9.58. The molecule has 0 unspecified atom stereocenters. The van der Waals surface area contributed by atoms with E-state index in [1.807, 2.05) is 45.0 Å². The molecule has 1 N–H and O–H groups in total. The minimum absolute atomic E-state index is 0.260. The van der Waals surface area contributed by atoms with Crippen LogP contribution in [-0.4, -0.2) is 35.6 Å². The molecule has 4 rings (SSSR count). The highest BCUT2D eigenvalue weighted by molar-refractivity contribution is 7.87. The van der Waals surface area contributed by atoms with Gasteiger partial charge in [-0.05, 0) is 69.5 Å². The second kappa shape index (κ2) is 10.5. The number of ether oxygens (including phenoxy) is 1. The van der Waals surface area contributed by atoms with E-state index in [1.54, 1.807) is 10.7 Å². The maximum absolute atomic E-state index is 13.0. The Morgan fingerprint density at radius 2 is 1.65 bits per heavy atom. The SMILES string of the molecule is CCn1nc(-c2cccc(C(C)(C)NS(=O)(=O)N3CCCCC3)c2)cc1Oc1ccc(C(F)(F)F)cc1. The van der Waals surface area contributed by atoms with Crippen LogP contribution >= 0.6 is 0 Å². The summed E-state index contributed by atoms with van der Waals surface area (Å²) in [6, 6.07) is 13.6. The topological polar surface area (TPSA) is 76.5 Å². The quantitative estimate of drug-likeness (QED) is 0.387. The molecule has 0 spiro atoms. The monoisotopic (exact) mass is 536 g/mol. The van der Waals surface area contributed by atoms with E-state index in [9.17, 15) is 21.6 Å². The molecule has 0 saturated carbocycles. The standard InChI is InChI=1S/C26H31F3N4O3S/c1-4-33-24(36-22-13-11-20(12-14-22)26(27,28)29)18-23(30-33)19-9-8-10-21(17-19)25(2,3)31-37(34,35)32-15-6-5-7-16-32/h8-14,17-18,31H,4-7,15-16H2,1-3H3. The lowest BCUT2D eigenvalue weighted by Gasteiger charge is -2.32. The summed E-state index contributed by atoms with van der Waals surface area (Å²) in [7, 11) is -3.65. The predicted molar refractivity (Wildman–Crippen MR) is 135 cm³/mol. The molecular weight excluding hydrogens is 505 g/mol. The number of benzene rings is 2. The van der Waals surface area contributed by atoms with Gasteiger partial charge in [0.05, 0.1) is 16.8 Å². The van der Waals surface area contributed by atoms with Crippen molar-refractivity contribution in [2.24, 2.45) is 0 Å². The van der Waals surface area contributed by atoms with Crippen LogP contribution in [-0.2, 0) is 28.5 Å². The molecule has 3 aromatic rings. The van der Waals surface area contributed by atoms with Crippen molar-refractivity contribution in [2.75, 3.05) is 13.1 Å². The molecule has 0 amide bonds. The van der Waals surface area contributed by atoms with Gasteiger partial charge in [-0.2, -0.15) is 35.7 Å². The third kappa shape index (κ3) is 6.34. The third-order valence-electron chi connectivity index (χ3n) is 6.37. The van der Waals surface area contributed by atoms with Crippen LogP contribution in [0.3, 0.4) is 0 Å². The van der Waals surface area contributed by atoms with Crippen LogP contribution in [0.25, 0.3) is 11.3 Å². The van der Waals surface area contributed by atoms with E-state index in [0.29, 0.717) is 31.2 Å². The summed E-state index contributed by atoms with van der Waals surface area (Å²) < 4.78 is 76.3. The van der Waals surface area contributed by atoms with E-state index >= 15 is 0 Å². The van der Waals surface area contributed by atoms with E-state index in [0.717, 1.165) is 42.5 Å². The molecule has 1 saturated heterocycles. The Bertz CT molecular complexity index is 1330. The zero-order valence-electron chi connectivity index (χ0n) is 21.0. The molecule has 7 nitrogen and oxygen atoms in total. The van der Waals surface area contributed by atoms with Gasteiger partial charge in [-0.1, -0.05) is 24.6 Å². The van der Waals surface area contributed by atoms with Gasteiger partial charge in [0, 0.05) is 31.3 Å². The average Bonchev–Trinajstić information content (AvgIpc) is 3.27. The molecule has 11 heteroatoms. The minimum Gasteiger partial charge on any atom is -0.439 e. The number of hydrogen-bond donors (Lipinski definition) is 1. The number of nitrogens with zero attached hydrogens (tertiary/aromatic N) is 3. The molecule has 0 aliphatic carbocycles. The Labute approximate surface area is 215 Å². The normalized spacial score (nSPS) is 15.6. The molecule has 1 aromatic heterocycles. The smallest absolute Gasteiger partial charge is 0.416 e. The Balaban J connectivity index is 1.56. The molecule has 0 bridgehead atoms. The number of piperidine rings is 1. The van der Waals surface area contributed by atoms with Crippen molar-refractivity contribution in [3.63, 3.8) is 0 Å². The van der Waals surface area contributed by atoms with E-state index in [2.05, 4.69) is 9.82 Å². The molecule has 2 aromatic carbocycles. The van der Waals surface area contributed by atoms with Crippen LogP contribution in [0.15, 0.2) is 54.6 Å². The predicted octanol–water partition coefficient (Wildman–Crippen LogP) is 5.94. The first kappa shape index (κ1) is 27.2. The van der Waals surface area contributed by atoms with Crippen LogP contribution in [0.1, 0.15) is 51.2 Å². The van der Waals surface area contributed by atoms with Gasteiger partial charge in [-0.15, -0.1) is 0 Å². The van der Waals surface area contributed by atoms with Crippen molar-refractivity contribution in [1.29, 1.82) is 0 Å². The first-order valence-electron chi connectivity index (χ1n) is 12.2. The van der Waals surface area contributed by atoms with Gasteiger partial charge in [0.25, 0.3) is 10.2 Å². The maximum Gasteiger partial charge on any atom is 0.416 e. The van der Waals surface area contributed by atoms with Crippen LogP contribution in [0.4, 0.5) is 13.2 Å². The number of aryl methyl sites for hydroxylation is 1. The van der Waals surface area contributed by atoms with Gasteiger partial charge in [0.15, 0.2) is 0 Å². The average molecular weight is 537 g/mol. The van der Waals surface area contributed by atoms with Crippen molar-refractivity contribution >= 4 is 10.2 Å². The summed E-state index contributed by atoms with van der Waals surface area (Å²) in [5.41, 5.74) is 0.494. The summed E-state index contributed by atoms with van der Waals surface area (Å²) in [5.74, 6) is 0.642. The van der Waals surface area contributed by atoms with E-state index in [4.69, 9.17) is 4.74 Å². The zero-order chi connectivity index (χ0) is 26.8. The van der Waals surface area contributed by atoms with Crippen LogP contribution in [0, 0.1) is 0 Å². The van der Waals surface area contributed by atoms with E-state index < -0.39 is 27.5 Å². The largest absolute Gasteiger partial charge is 0.439 e. The van der Waals surface area contributed by atoms with Gasteiger partial charge in [-0.3, -0.25) is 0 Å². The molecule has 1 aliphatic rings. The summed E-state index contributed by atoms with van der Waals surface area (Å²) in [6.07, 6.45) is -1.67. The lowest BCUT2D eigenvalue weighted by Crippen LogP contribution is -2.50. The highest BCUT2D eigenvalue weighted by atomic mass is 32.2. The van der Waals surface area contributed by atoms with Gasteiger partial charge < -0.3 is 4.74 Å². The summed E-state index contributed by atoms with van der Waals surface area (Å²) >= 11 is 0. The Morgan fingerprint density at radius 3 is 2.27 bits per heavy atom. The number of hydrogen-bond acceptors (Lipinski definition) is 4. The highest BCUT2D eigenvalue weighted by Gasteiger charge is 2.32. The lowest BCUT2D eigenvalue weighted by molar-refractivity contribution is -0.137. The van der Waals surface area contributed by atoms with E-state index in [1.165, 1.54) is 16.4 Å². The maximum atomic E-state index is 13.0.